The van der Waals surface area contributed by atoms with Gasteiger partial charge in [0.15, 0.2) is 0 Å². The molecule has 1 aliphatic heterocycles. The highest BCUT2D eigenvalue weighted by molar-refractivity contribution is 5.76. The minimum absolute atomic E-state index is 0.132. The summed E-state index contributed by atoms with van der Waals surface area (Å²) in [5.74, 6) is -0.681. The van der Waals surface area contributed by atoms with Crippen LogP contribution in [0.2, 0.25) is 0 Å². The number of urea groups is 1. The van der Waals surface area contributed by atoms with Crippen LogP contribution in [0.3, 0.4) is 0 Å². The Morgan fingerprint density at radius 1 is 1.41 bits per heavy atom. The molecule has 1 unspecified atom stereocenters. The van der Waals surface area contributed by atoms with Crippen LogP contribution in [0, 0.1) is 11.8 Å². The minimum Gasteiger partial charge on any atom is -0.481 e. The van der Waals surface area contributed by atoms with Gasteiger partial charge in [0, 0.05) is 19.6 Å². The van der Waals surface area contributed by atoms with Crippen LogP contribution in [0.4, 0.5) is 4.79 Å². The van der Waals surface area contributed by atoms with E-state index in [2.05, 4.69) is 12.2 Å². The number of nitrogens with zero attached hydrogens (tertiary/aromatic N) is 1. The normalized spacial score (nSPS) is 18.8. The van der Waals surface area contributed by atoms with Crippen LogP contribution in [0.25, 0.3) is 0 Å². The summed E-state index contributed by atoms with van der Waals surface area (Å²) in [6, 6.07) is -0.132. The number of likely N-dealkylation sites (tertiary alicyclic amines) is 1. The first-order chi connectivity index (χ1) is 8.04. The first kappa shape index (κ1) is 13.8. The Bertz CT molecular complexity index is 273. The Kier molecular flexibility index (Phi) is 5.25. The standard InChI is InChI=1S/C12H22N2O3/c1-3-10-4-6-14(7-5-10)12(17)13-8-9(2)11(15)16/h9-10H,3-8H2,1-2H3,(H,13,17)(H,15,16). The van der Waals surface area contributed by atoms with Crippen LogP contribution in [-0.2, 0) is 4.79 Å². The van der Waals surface area contributed by atoms with Crippen molar-refractivity contribution in [3.8, 4) is 0 Å². The number of carbonyl (C=O) groups is 2. The van der Waals surface area contributed by atoms with Gasteiger partial charge in [-0.3, -0.25) is 4.79 Å². The van der Waals surface area contributed by atoms with Crippen LogP contribution in [0.5, 0.6) is 0 Å². The van der Waals surface area contributed by atoms with E-state index in [0.29, 0.717) is 0 Å². The van der Waals surface area contributed by atoms with Gasteiger partial charge in [0.2, 0.25) is 0 Å². The van der Waals surface area contributed by atoms with Gasteiger partial charge >= 0.3 is 12.0 Å². The van der Waals surface area contributed by atoms with Crippen molar-refractivity contribution in [1.82, 2.24) is 10.2 Å². The molecule has 0 radical (unpaired) electrons. The number of hydrogen-bond acceptors (Lipinski definition) is 2. The molecule has 0 aromatic rings. The molecule has 2 N–H and O–H groups in total. The molecule has 0 aliphatic carbocycles. The predicted octanol–water partition coefficient (Wildman–Crippen LogP) is 1.54. The summed E-state index contributed by atoms with van der Waals surface area (Å²) in [5, 5.41) is 11.4. The number of carbonyl (C=O) groups excluding carboxylic acids is 1. The molecule has 1 fully saturated rings. The fourth-order valence-electron chi connectivity index (χ4n) is 1.98. The van der Waals surface area contributed by atoms with Gasteiger partial charge in [-0.2, -0.15) is 0 Å². The Hall–Kier alpha value is -1.26. The van der Waals surface area contributed by atoms with Gasteiger partial charge < -0.3 is 15.3 Å². The van der Waals surface area contributed by atoms with Crippen molar-refractivity contribution >= 4 is 12.0 Å². The van der Waals surface area contributed by atoms with E-state index >= 15 is 0 Å². The molecule has 1 saturated heterocycles. The molecule has 98 valence electrons. The Balaban J connectivity index is 2.27. The van der Waals surface area contributed by atoms with Crippen molar-refractivity contribution < 1.29 is 14.7 Å². The third-order valence-corrected chi connectivity index (χ3v) is 3.46. The van der Waals surface area contributed by atoms with E-state index in [9.17, 15) is 9.59 Å². The lowest BCUT2D eigenvalue weighted by molar-refractivity contribution is -0.140. The molecule has 1 rings (SSSR count). The van der Waals surface area contributed by atoms with Crippen LogP contribution in [0.1, 0.15) is 33.1 Å². The monoisotopic (exact) mass is 242 g/mol. The smallest absolute Gasteiger partial charge is 0.317 e. The van der Waals surface area contributed by atoms with E-state index in [1.54, 1.807) is 11.8 Å². The third kappa shape index (κ3) is 4.24. The molecule has 0 bridgehead atoms. The molecule has 1 heterocycles. The summed E-state index contributed by atoms with van der Waals surface area (Å²) in [5.41, 5.74) is 0. The lowest BCUT2D eigenvalue weighted by Crippen LogP contribution is -2.46. The summed E-state index contributed by atoms with van der Waals surface area (Å²) in [4.78, 5) is 24.1. The van der Waals surface area contributed by atoms with E-state index < -0.39 is 11.9 Å². The molecule has 0 aromatic carbocycles. The van der Waals surface area contributed by atoms with Crippen molar-refractivity contribution in [2.75, 3.05) is 19.6 Å². The molecule has 0 aromatic heterocycles. The maximum atomic E-state index is 11.7. The Labute approximate surface area is 102 Å². The van der Waals surface area contributed by atoms with E-state index in [1.807, 2.05) is 0 Å². The summed E-state index contributed by atoms with van der Waals surface area (Å²) in [6.45, 7) is 5.53. The van der Waals surface area contributed by atoms with Gasteiger partial charge in [-0.1, -0.05) is 20.3 Å². The maximum absolute atomic E-state index is 11.7. The van der Waals surface area contributed by atoms with Crippen LogP contribution < -0.4 is 5.32 Å². The van der Waals surface area contributed by atoms with Crippen molar-refractivity contribution in [2.24, 2.45) is 11.8 Å². The van der Waals surface area contributed by atoms with Crippen molar-refractivity contribution in [2.45, 2.75) is 33.1 Å². The molecule has 2 amide bonds. The van der Waals surface area contributed by atoms with Crippen molar-refractivity contribution in [1.29, 1.82) is 0 Å². The van der Waals surface area contributed by atoms with E-state index in [4.69, 9.17) is 5.11 Å². The second kappa shape index (κ2) is 6.47. The number of carboxylic acids is 1. The molecule has 17 heavy (non-hydrogen) atoms. The molecule has 5 nitrogen and oxygen atoms in total. The van der Waals surface area contributed by atoms with E-state index in [-0.39, 0.29) is 12.6 Å². The van der Waals surface area contributed by atoms with Gasteiger partial charge in [-0.15, -0.1) is 0 Å². The van der Waals surface area contributed by atoms with Crippen molar-refractivity contribution in [3.63, 3.8) is 0 Å². The minimum atomic E-state index is -0.880. The molecule has 5 heteroatoms. The second-order valence-electron chi connectivity index (χ2n) is 4.76. The predicted molar refractivity (Wildman–Crippen MR) is 64.8 cm³/mol. The zero-order chi connectivity index (χ0) is 12.8. The highest BCUT2D eigenvalue weighted by Gasteiger charge is 2.22. The molecular formula is C12H22N2O3. The van der Waals surface area contributed by atoms with Crippen LogP contribution in [-0.4, -0.2) is 41.6 Å². The molecular weight excluding hydrogens is 220 g/mol. The fraction of sp³-hybridized carbons (Fsp3) is 0.833. The quantitative estimate of drug-likeness (QED) is 0.785. The third-order valence-electron chi connectivity index (χ3n) is 3.46. The fourth-order valence-corrected chi connectivity index (χ4v) is 1.98. The molecule has 0 saturated carbocycles. The number of rotatable bonds is 4. The van der Waals surface area contributed by atoms with Crippen LogP contribution >= 0.6 is 0 Å². The molecule has 0 spiro atoms. The number of carboxylic acid groups (broad SMARTS) is 1. The lowest BCUT2D eigenvalue weighted by atomic mass is 9.95. The highest BCUT2D eigenvalue weighted by Crippen LogP contribution is 2.19. The van der Waals surface area contributed by atoms with E-state index in [1.165, 1.54) is 6.42 Å². The van der Waals surface area contributed by atoms with Gasteiger partial charge in [0.1, 0.15) is 0 Å². The summed E-state index contributed by atoms with van der Waals surface area (Å²) in [6.07, 6.45) is 3.28. The average molecular weight is 242 g/mol. The van der Waals surface area contributed by atoms with Gasteiger partial charge in [0.25, 0.3) is 0 Å². The van der Waals surface area contributed by atoms with Gasteiger partial charge in [0.05, 0.1) is 5.92 Å². The maximum Gasteiger partial charge on any atom is 0.317 e. The molecule has 1 atom stereocenters. The van der Waals surface area contributed by atoms with E-state index in [0.717, 1.165) is 31.8 Å². The number of nitrogens with one attached hydrogen (secondary N) is 1. The Morgan fingerprint density at radius 3 is 2.47 bits per heavy atom. The topological polar surface area (TPSA) is 69.6 Å². The SMILES string of the molecule is CCC1CCN(C(=O)NCC(C)C(=O)O)CC1. The van der Waals surface area contributed by atoms with Gasteiger partial charge in [-0.25, -0.2) is 4.79 Å². The zero-order valence-electron chi connectivity index (χ0n) is 10.6. The van der Waals surface area contributed by atoms with Gasteiger partial charge in [-0.05, 0) is 18.8 Å². The summed E-state index contributed by atoms with van der Waals surface area (Å²) >= 11 is 0. The van der Waals surface area contributed by atoms with Crippen LogP contribution in [0.15, 0.2) is 0 Å². The summed E-state index contributed by atoms with van der Waals surface area (Å²) < 4.78 is 0. The summed E-state index contributed by atoms with van der Waals surface area (Å²) in [7, 11) is 0. The molecule has 1 aliphatic rings. The van der Waals surface area contributed by atoms with Crippen molar-refractivity contribution in [3.05, 3.63) is 0 Å². The number of hydrogen-bond donors (Lipinski definition) is 2. The Morgan fingerprint density at radius 2 is 2.00 bits per heavy atom. The first-order valence-electron chi connectivity index (χ1n) is 6.30. The second-order valence-corrected chi connectivity index (χ2v) is 4.76. The first-order valence-corrected chi connectivity index (χ1v) is 6.30. The zero-order valence-corrected chi connectivity index (χ0v) is 10.6. The lowest BCUT2D eigenvalue weighted by Gasteiger charge is -2.31. The number of piperidine rings is 1. The largest absolute Gasteiger partial charge is 0.481 e. The highest BCUT2D eigenvalue weighted by atomic mass is 16.4. The average Bonchev–Trinajstić information content (AvgIpc) is 2.35. The number of amides is 2. The number of aliphatic carboxylic acids is 1.